The first-order valence-corrected chi connectivity index (χ1v) is 5.44. The van der Waals surface area contributed by atoms with E-state index in [1.165, 1.54) is 18.6 Å². The van der Waals surface area contributed by atoms with Crippen LogP contribution in [0.15, 0.2) is 30.7 Å². The van der Waals surface area contributed by atoms with Gasteiger partial charge in [-0.25, -0.2) is 0 Å². The molecule has 0 bridgehead atoms. The Morgan fingerprint density at radius 3 is 2.68 bits per heavy atom. The van der Waals surface area contributed by atoms with Crippen molar-refractivity contribution in [3.63, 3.8) is 0 Å². The molecule has 0 unspecified atom stereocenters. The van der Waals surface area contributed by atoms with Crippen LogP contribution in [0.2, 0.25) is 0 Å². The molecular formula is C13H16N4NaO. The van der Waals surface area contributed by atoms with E-state index < -0.39 is 12.4 Å². The van der Waals surface area contributed by atoms with Crippen LogP contribution in [0.4, 0.5) is 5.69 Å². The minimum Gasteiger partial charge on any atom is -0.397 e. The van der Waals surface area contributed by atoms with Crippen molar-refractivity contribution >= 4 is 41.0 Å². The summed E-state index contributed by atoms with van der Waals surface area (Å²) in [5, 5.41) is 3.81. The minimum absolute atomic E-state index is 0. The second-order valence-corrected chi connectivity index (χ2v) is 4.60. The standard InChI is InChI=1S/C13H16N4O.Na/c1-13(2,9-6-16-17(3)8-9)12(18)11-5-4-10(14)7-15-11;/h4-8H,14H2,1-3H3;/i3D3;. The molecule has 0 fully saturated rings. The smallest absolute Gasteiger partial charge is 0.191 e. The number of carbonyl (C=O) groups excluding carboxylic acids is 1. The van der Waals surface area contributed by atoms with Crippen molar-refractivity contribution in [2.45, 2.75) is 19.3 Å². The summed E-state index contributed by atoms with van der Waals surface area (Å²) >= 11 is 0. The number of pyridine rings is 1. The van der Waals surface area contributed by atoms with Crippen molar-refractivity contribution in [1.29, 1.82) is 0 Å². The maximum Gasteiger partial charge on any atom is 0.191 e. The fourth-order valence-electron chi connectivity index (χ4n) is 1.64. The molecule has 0 saturated heterocycles. The molecule has 2 heterocycles. The van der Waals surface area contributed by atoms with Crippen molar-refractivity contribution in [3.8, 4) is 0 Å². The zero-order chi connectivity index (χ0) is 15.8. The van der Waals surface area contributed by atoms with Gasteiger partial charge in [-0.2, -0.15) is 5.10 Å². The fraction of sp³-hybridized carbons (Fsp3) is 0.308. The summed E-state index contributed by atoms with van der Waals surface area (Å²) in [6.07, 6.45) is 4.17. The van der Waals surface area contributed by atoms with Crippen LogP contribution >= 0.6 is 0 Å². The normalized spacial score (nSPS) is 13.9. The molecule has 0 amide bonds. The molecule has 5 nitrogen and oxygen atoms in total. The van der Waals surface area contributed by atoms with Gasteiger partial charge in [0.2, 0.25) is 0 Å². The van der Waals surface area contributed by atoms with Gasteiger partial charge in [-0.15, -0.1) is 0 Å². The number of Topliss-reactive ketones (excluding diaryl/α,β-unsaturated/α-hetero) is 1. The van der Waals surface area contributed by atoms with Crippen LogP contribution in [-0.4, -0.2) is 50.1 Å². The Bertz CT molecular complexity index is 665. The molecule has 6 heteroatoms. The van der Waals surface area contributed by atoms with Crippen LogP contribution in [0, 0.1) is 0 Å². The van der Waals surface area contributed by atoms with Gasteiger partial charge in [0.15, 0.2) is 5.78 Å². The van der Waals surface area contributed by atoms with Gasteiger partial charge in [-0.05, 0) is 26.0 Å². The van der Waals surface area contributed by atoms with E-state index in [0.29, 0.717) is 11.3 Å². The molecule has 0 atom stereocenters. The fourth-order valence-corrected chi connectivity index (χ4v) is 1.64. The van der Waals surface area contributed by atoms with Crippen molar-refractivity contribution < 1.29 is 8.91 Å². The van der Waals surface area contributed by atoms with Gasteiger partial charge in [0, 0.05) is 52.4 Å². The van der Waals surface area contributed by atoms with E-state index in [0.717, 1.165) is 4.68 Å². The Balaban J connectivity index is 0.00000242. The van der Waals surface area contributed by atoms with Gasteiger partial charge in [0.25, 0.3) is 0 Å². The number of nitrogens with zero attached hydrogens (tertiary/aromatic N) is 3. The first-order chi connectivity index (χ1) is 9.62. The third kappa shape index (κ3) is 3.23. The molecule has 2 aromatic heterocycles. The molecule has 95 valence electrons. The summed E-state index contributed by atoms with van der Waals surface area (Å²) in [5.74, 6) is -0.229. The van der Waals surface area contributed by atoms with E-state index >= 15 is 0 Å². The van der Waals surface area contributed by atoms with Crippen LogP contribution in [0.3, 0.4) is 0 Å². The Morgan fingerprint density at radius 1 is 1.42 bits per heavy atom. The molecule has 0 aliphatic rings. The summed E-state index contributed by atoms with van der Waals surface area (Å²) in [4.78, 5) is 16.6. The Hall–Kier alpha value is -1.17. The summed E-state index contributed by atoms with van der Waals surface area (Å²) in [6, 6.07) is 3.15. The largest absolute Gasteiger partial charge is 0.397 e. The number of nitrogen functional groups attached to an aromatic ring is 1. The maximum absolute atomic E-state index is 12.6. The summed E-state index contributed by atoms with van der Waals surface area (Å²) in [6.45, 7) is 1.04. The van der Waals surface area contributed by atoms with Crippen LogP contribution < -0.4 is 5.73 Å². The molecule has 0 saturated carbocycles. The van der Waals surface area contributed by atoms with Crippen molar-refractivity contribution in [2.75, 3.05) is 5.73 Å². The number of carbonyl (C=O) groups is 1. The Kier molecular flexibility index (Phi) is 3.59. The average Bonchev–Trinajstić information content (AvgIpc) is 2.89. The van der Waals surface area contributed by atoms with Gasteiger partial charge in [0.1, 0.15) is 5.69 Å². The van der Waals surface area contributed by atoms with E-state index in [2.05, 4.69) is 10.1 Å². The van der Waals surface area contributed by atoms with Crippen LogP contribution in [0.1, 0.15) is 34.0 Å². The number of nitrogens with two attached hydrogens (primary N) is 1. The van der Waals surface area contributed by atoms with Crippen LogP contribution in [0.25, 0.3) is 0 Å². The van der Waals surface area contributed by atoms with Gasteiger partial charge < -0.3 is 5.73 Å². The quantitative estimate of drug-likeness (QED) is 0.671. The van der Waals surface area contributed by atoms with Crippen LogP contribution in [-0.2, 0) is 12.4 Å². The van der Waals surface area contributed by atoms with Crippen molar-refractivity contribution in [2.24, 2.45) is 6.98 Å². The first-order valence-electron chi connectivity index (χ1n) is 6.94. The third-order valence-corrected chi connectivity index (χ3v) is 2.89. The number of hydrogen-bond donors (Lipinski definition) is 1. The van der Waals surface area contributed by atoms with Gasteiger partial charge in [-0.1, -0.05) is 0 Å². The van der Waals surface area contributed by atoms with Crippen molar-refractivity contribution in [1.82, 2.24) is 14.8 Å². The molecule has 2 rings (SSSR count). The molecule has 19 heavy (non-hydrogen) atoms. The predicted octanol–water partition coefficient (Wildman–Crippen LogP) is 1.18. The Labute approximate surface area is 138 Å². The SMILES string of the molecule is [2H]C([2H])([2H])n1cc(C(C)(C)C(=O)c2ccc(N)cn2)cn1.[Na]. The second kappa shape index (κ2) is 5.86. The predicted molar refractivity (Wildman–Crippen MR) is 75.0 cm³/mol. The van der Waals surface area contributed by atoms with Crippen molar-refractivity contribution in [3.05, 3.63) is 42.0 Å². The monoisotopic (exact) mass is 270 g/mol. The summed E-state index contributed by atoms with van der Waals surface area (Å²) in [7, 11) is 0. The molecule has 0 aliphatic heterocycles. The molecule has 2 N–H and O–H groups in total. The molecule has 1 radical (unpaired) electrons. The number of hydrogen-bond acceptors (Lipinski definition) is 4. The van der Waals surface area contributed by atoms with Gasteiger partial charge in [0.05, 0.1) is 23.5 Å². The molecule has 2 aromatic rings. The zero-order valence-corrected chi connectivity index (χ0v) is 13.2. The van der Waals surface area contributed by atoms with Gasteiger partial charge >= 0.3 is 0 Å². The molecule has 0 aromatic carbocycles. The van der Waals surface area contributed by atoms with E-state index in [4.69, 9.17) is 9.85 Å². The topological polar surface area (TPSA) is 73.8 Å². The summed E-state index contributed by atoms with van der Waals surface area (Å²) < 4.78 is 22.8. The minimum atomic E-state index is -2.36. The third-order valence-electron chi connectivity index (χ3n) is 2.89. The second-order valence-electron chi connectivity index (χ2n) is 4.60. The number of aryl methyl sites for hydroxylation is 1. The number of ketones is 1. The molecular weight excluding hydrogens is 251 g/mol. The van der Waals surface area contributed by atoms with E-state index in [1.807, 2.05) is 0 Å². The zero-order valence-electron chi connectivity index (χ0n) is 14.2. The Morgan fingerprint density at radius 2 is 2.16 bits per heavy atom. The molecule has 0 spiro atoms. The average molecular weight is 270 g/mol. The first kappa shape index (κ1) is 11.6. The summed E-state index contributed by atoms with van der Waals surface area (Å²) in [5.41, 5.74) is 5.87. The number of aromatic nitrogens is 3. The van der Waals surface area contributed by atoms with E-state index in [-0.39, 0.29) is 41.0 Å². The van der Waals surface area contributed by atoms with E-state index in [1.54, 1.807) is 26.0 Å². The van der Waals surface area contributed by atoms with Crippen LogP contribution in [0.5, 0.6) is 0 Å². The maximum atomic E-state index is 12.6. The number of rotatable bonds is 3. The van der Waals surface area contributed by atoms with E-state index in [9.17, 15) is 4.79 Å². The molecule has 0 aliphatic carbocycles. The number of anilines is 1. The van der Waals surface area contributed by atoms with Gasteiger partial charge in [-0.3, -0.25) is 14.5 Å².